The van der Waals surface area contributed by atoms with Gasteiger partial charge in [-0.05, 0) is 50.8 Å². The van der Waals surface area contributed by atoms with E-state index in [9.17, 15) is 9.59 Å². The van der Waals surface area contributed by atoms with Crippen molar-refractivity contribution in [2.45, 2.75) is 47.5 Å². The average molecular weight is 305 g/mol. The maximum absolute atomic E-state index is 12.0. The summed E-state index contributed by atoms with van der Waals surface area (Å²) in [6, 6.07) is 6.13. The van der Waals surface area contributed by atoms with Crippen LogP contribution in [0.25, 0.3) is 0 Å². The number of Topliss-reactive ketones (excluding diaryl/α,β-unsaturated/α-hetero) is 1. The topological polar surface area (TPSA) is 55.4 Å². The lowest BCUT2D eigenvalue weighted by atomic mass is 9.87. The van der Waals surface area contributed by atoms with E-state index >= 15 is 0 Å². The van der Waals surface area contributed by atoms with E-state index in [-0.39, 0.29) is 18.2 Å². The average Bonchev–Trinajstić information content (AvgIpc) is 2.44. The van der Waals surface area contributed by atoms with E-state index < -0.39 is 5.41 Å². The Kier molecular flexibility index (Phi) is 6.60. The van der Waals surface area contributed by atoms with Crippen molar-refractivity contribution in [3.8, 4) is 5.75 Å². The van der Waals surface area contributed by atoms with Crippen LogP contribution in [0.1, 0.15) is 44.7 Å². The van der Waals surface area contributed by atoms with Gasteiger partial charge in [-0.3, -0.25) is 9.59 Å². The van der Waals surface area contributed by atoms with Crippen LogP contribution in [0.2, 0.25) is 0 Å². The smallest absolute Gasteiger partial charge is 0.226 e. The van der Waals surface area contributed by atoms with E-state index in [1.165, 1.54) is 12.5 Å². The van der Waals surface area contributed by atoms with Crippen LogP contribution < -0.4 is 10.1 Å². The molecule has 4 nitrogen and oxygen atoms in total. The van der Waals surface area contributed by atoms with E-state index in [0.29, 0.717) is 13.0 Å². The van der Waals surface area contributed by atoms with Gasteiger partial charge in [0.2, 0.25) is 5.91 Å². The van der Waals surface area contributed by atoms with Crippen LogP contribution in [-0.4, -0.2) is 24.8 Å². The number of hydrogen-bond donors (Lipinski definition) is 1. The number of carbonyl (C=O) groups excluding carboxylic acids is 2. The third kappa shape index (κ3) is 5.88. The second-order valence-electron chi connectivity index (χ2n) is 6.49. The van der Waals surface area contributed by atoms with Gasteiger partial charge in [0.15, 0.2) is 0 Å². The van der Waals surface area contributed by atoms with E-state index in [2.05, 4.69) is 11.4 Å². The van der Waals surface area contributed by atoms with Crippen molar-refractivity contribution in [3.63, 3.8) is 0 Å². The molecule has 1 aromatic carbocycles. The van der Waals surface area contributed by atoms with Gasteiger partial charge in [-0.2, -0.15) is 0 Å². The molecule has 1 aromatic rings. The summed E-state index contributed by atoms with van der Waals surface area (Å²) in [5.41, 5.74) is 1.79. The van der Waals surface area contributed by atoms with Crippen LogP contribution >= 0.6 is 0 Å². The number of ether oxygens (including phenoxy) is 1. The molecule has 1 amide bonds. The molecule has 122 valence electrons. The fourth-order valence-corrected chi connectivity index (χ4v) is 2.12. The fraction of sp³-hybridized carbons (Fsp3) is 0.556. The van der Waals surface area contributed by atoms with E-state index in [1.54, 1.807) is 0 Å². The molecule has 0 fully saturated rings. The van der Waals surface area contributed by atoms with E-state index in [0.717, 1.165) is 17.7 Å². The molecule has 0 spiro atoms. The molecule has 0 heterocycles. The summed E-state index contributed by atoms with van der Waals surface area (Å²) < 4.78 is 5.81. The number of hydrogen-bond acceptors (Lipinski definition) is 3. The Bertz CT molecular complexity index is 535. The van der Waals surface area contributed by atoms with Crippen molar-refractivity contribution < 1.29 is 14.3 Å². The second-order valence-corrected chi connectivity index (χ2v) is 6.49. The van der Waals surface area contributed by atoms with Crippen molar-refractivity contribution in [1.82, 2.24) is 5.32 Å². The summed E-state index contributed by atoms with van der Waals surface area (Å²) in [7, 11) is 0. The number of ketones is 1. The van der Waals surface area contributed by atoms with Gasteiger partial charge >= 0.3 is 0 Å². The Balaban J connectivity index is 2.40. The van der Waals surface area contributed by atoms with Crippen molar-refractivity contribution in [2.75, 3.05) is 13.2 Å². The first kappa shape index (κ1) is 18.2. The standard InChI is InChI=1S/C18H27NO3/c1-13-7-8-14(2)16(11-13)22-10-6-9-18(4,5)17(21)19-12-15(3)20/h7-8,11H,6,9-10,12H2,1-5H3,(H,19,21). The lowest BCUT2D eigenvalue weighted by Gasteiger charge is -2.23. The first-order valence-corrected chi connectivity index (χ1v) is 7.70. The highest BCUT2D eigenvalue weighted by molar-refractivity contribution is 5.87. The Morgan fingerprint density at radius 3 is 2.55 bits per heavy atom. The zero-order valence-electron chi connectivity index (χ0n) is 14.3. The van der Waals surface area contributed by atoms with Gasteiger partial charge < -0.3 is 10.1 Å². The minimum absolute atomic E-state index is 0.0394. The van der Waals surface area contributed by atoms with E-state index in [1.807, 2.05) is 39.8 Å². The van der Waals surface area contributed by atoms with E-state index in [4.69, 9.17) is 4.74 Å². The molecule has 0 saturated heterocycles. The normalized spacial score (nSPS) is 11.1. The van der Waals surface area contributed by atoms with Gasteiger partial charge in [0.05, 0.1) is 13.2 Å². The summed E-state index contributed by atoms with van der Waals surface area (Å²) in [5, 5.41) is 2.67. The molecule has 0 saturated carbocycles. The molecule has 0 aliphatic heterocycles. The Morgan fingerprint density at radius 2 is 1.91 bits per heavy atom. The highest BCUT2D eigenvalue weighted by Crippen LogP contribution is 2.24. The minimum atomic E-state index is -0.500. The van der Waals surface area contributed by atoms with Crippen LogP contribution in [-0.2, 0) is 9.59 Å². The molecular formula is C18H27NO3. The Labute approximate surface area is 133 Å². The largest absolute Gasteiger partial charge is 0.493 e. The maximum Gasteiger partial charge on any atom is 0.226 e. The van der Waals surface area contributed by atoms with Crippen LogP contribution in [0.3, 0.4) is 0 Å². The van der Waals surface area contributed by atoms with Crippen molar-refractivity contribution in [2.24, 2.45) is 5.41 Å². The highest BCUT2D eigenvalue weighted by Gasteiger charge is 2.26. The molecule has 0 atom stereocenters. The molecule has 22 heavy (non-hydrogen) atoms. The summed E-state index contributed by atoms with van der Waals surface area (Å²) in [6.07, 6.45) is 1.50. The molecule has 0 radical (unpaired) electrons. The number of amides is 1. The lowest BCUT2D eigenvalue weighted by Crippen LogP contribution is -2.39. The monoisotopic (exact) mass is 305 g/mol. The quantitative estimate of drug-likeness (QED) is 0.750. The SMILES string of the molecule is CC(=O)CNC(=O)C(C)(C)CCCOc1cc(C)ccc1C. The number of aryl methyl sites for hydroxylation is 2. The van der Waals surface area contributed by atoms with Crippen molar-refractivity contribution in [3.05, 3.63) is 29.3 Å². The number of rotatable bonds is 8. The minimum Gasteiger partial charge on any atom is -0.493 e. The van der Waals surface area contributed by atoms with Crippen LogP contribution in [0.4, 0.5) is 0 Å². The number of nitrogens with one attached hydrogen (secondary N) is 1. The van der Waals surface area contributed by atoms with Gasteiger partial charge in [-0.15, -0.1) is 0 Å². The summed E-state index contributed by atoms with van der Waals surface area (Å²) in [5.74, 6) is 0.774. The molecule has 0 aliphatic rings. The van der Waals surface area contributed by atoms with Crippen LogP contribution in [0.5, 0.6) is 5.75 Å². The molecule has 0 unspecified atom stereocenters. The van der Waals surface area contributed by atoms with Gasteiger partial charge in [-0.25, -0.2) is 0 Å². The molecule has 4 heteroatoms. The molecule has 0 aliphatic carbocycles. The predicted molar refractivity (Wildman–Crippen MR) is 88.1 cm³/mol. The molecule has 0 aromatic heterocycles. The Morgan fingerprint density at radius 1 is 1.23 bits per heavy atom. The molecule has 1 rings (SSSR count). The first-order valence-electron chi connectivity index (χ1n) is 7.70. The first-order chi connectivity index (χ1) is 10.2. The highest BCUT2D eigenvalue weighted by atomic mass is 16.5. The van der Waals surface area contributed by atoms with Crippen molar-refractivity contribution in [1.29, 1.82) is 0 Å². The zero-order chi connectivity index (χ0) is 16.8. The lowest BCUT2D eigenvalue weighted by molar-refractivity contribution is -0.131. The fourth-order valence-electron chi connectivity index (χ4n) is 2.12. The van der Waals surface area contributed by atoms with Gasteiger partial charge in [0.25, 0.3) is 0 Å². The molecular weight excluding hydrogens is 278 g/mol. The van der Waals surface area contributed by atoms with Crippen LogP contribution in [0, 0.1) is 19.3 Å². The van der Waals surface area contributed by atoms with Gasteiger partial charge in [0, 0.05) is 5.41 Å². The zero-order valence-corrected chi connectivity index (χ0v) is 14.3. The molecule has 1 N–H and O–H groups in total. The number of benzene rings is 1. The summed E-state index contributed by atoms with van der Waals surface area (Å²) in [4.78, 5) is 22.9. The third-order valence-electron chi connectivity index (χ3n) is 3.66. The number of carbonyl (C=O) groups is 2. The van der Waals surface area contributed by atoms with Gasteiger partial charge in [-0.1, -0.05) is 26.0 Å². The summed E-state index contributed by atoms with van der Waals surface area (Å²) in [6.45, 7) is 9.98. The summed E-state index contributed by atoms with van der Waals surface area (Å²) >= 11 is 0. The predicted octanol–water partition coefficient (Wildman–Crippen LogP) is 3.19. The van der Waals surface area contributed by atoms with Crippen LogP contribution in [0.15, 0.2) is 18.2 Å². The van der Waals surface area contributed by atoms with Gasteiger partial charge in [0.1, 0.15) is 11.5 Å². The maximum atomic E-state index is 12.0. The third-order valence-corrected chi connectivity index (χ3v) is 3.66. The van der Waals surface area contributed by atoms with Crippen molar-refractivity contribution >= 4 is 11.7 Å². The Hall–Kier alpha value is -1.84. The second kappa shape index (κ2) is 7.97. The molecule has 0 bridgehead atoms.